The van der Waals surface area contributed by atoms with Crippen LogP contribution in [0.2, 0.25) is 0 Å². The second-order valence-electron chi connectivity index (χ2n) is 5.45. The zero-order valence-corrected chi connectivity index (χ0v) is 12.0. The van der Waals surface area contributed by atoms with E-state index in [0.717, 1.165) is 10.8 Å². The summed E-state index contributed by atoms with van der Waals surface area (Å²) in [6.45, 7) is 0. The predicted octanol–water partition coefficient (Wildman–Crippen LogP) is 3.83. The first-order valence-corrected chi connectivity index (χ1v) is 7.30. The Labute approximate surface area is 127 Å². The second kappa shape index (κ2) is 4.43. The van der Waals surface area contributed by atoms with Crippen LogP contribution in [-0.2, 0) is 0 Å². The molecule has 2 aromatic carbocycles. The van der Waals surface area contributed by atoms with Crippen LogP contribution in [0.25, 0.3) is 10.8 Å². The van der Waals surface area contributed by atoms with E-state index < -0.39 is 11.8 Å². The molecule has 0 aromatic heterocycles. The third kappa shape index (κ3) is 1.74. The van der Waals surface area contributed by atoms with E-state index >= 15 is 0 Å². The first kappa shape index (κ1) is 12.6. The number of thiol groups is 1. The fourth-order valence-corrected chi connectivity index (χ4v) is 3.57. The van der Waals surface area contributed by atoms with Gasteiger partial charge in [0, 0.05) is 11.1 Å². The minimum atomic E-state index is -0.459. The van der Waals surface area contributed by atoms with Gasteiger partial charge in [-0.1, -0.05) is 42.5 Å². The smallest absolute Gasteiger partial charge is 0.172 e. The Morgan fingerprint density at radius 3 is 2.19 bits per heavy atom. The summed E-state index contributed by atoms with van der Waals surface area (Å²) in [5.74, 6) is -0.870. The molecular weight excluding hydrogens is 280 g/mol. The lowest BCUT2D eigenvalue weighted by Gasteiger charge is -2.31. The second-order valence-corrected chi connectivity index (χ2v) is 5.97. The van der Waals surface area contributed by atoms with E-state index in [1.54, 1.807) is 12.2 Å². The topological polar surface area (TPSA) is 34.1 Å². The molecule has 0 N–H and O–H groups in total. The summed E-state index contributed by atoms with van der Waals surface area (Å²) in [5.41, 5.74) is 1.06. The van der Waals surface area contributed by atoms with Crippen LogP contribution in [0.15, 0.2) is 59.5 Å². The lowest BCUT2D eigenvalue weighted by Crippen LogP contribution is -2.36. The van der Waals surface area contributed by atoms with Gasteiger partial charge in [-0.05, 0) is 27.8 Å². The van der Waals surface area contributed by atoms with Crippen LogP contribution in [0.1, 0.15) is 20.7 Å². The molecule has 2 nitrogen and oxygen atoms in total. The quantitative estimate of drug-likeness (QED) is 0.749. The minimum Gasteiger partial charge on any atom is -0.293 e. The molecule has 2 atom stereocenters. The fourth-order valence-electron chi connectivity index (χ4n) is 3.20. The van der Waals surface area contributed by atoms with E-state index in [2.05, 4.69) is 12.6 Å². The zero-order chi connectivity index (χ0) is 14.6. The highest BCUT2D eigenvalue weighted by Gasteiger charge is 2.42. The summed E-state index contributed by atoms with van der Waals surface area (Å²) in [5, 5.41) is 1.96. The monoisotopic (exact) mass is 292 g/mol. The Hall–Kier alpha value is -2.13. The predicted molar refractivity (Wildman–Crippen MR) is 85.8 cm³/mol. The van der Waals surface area contributed by atoms with Gasteiger partial charge in [0.15, 0.2) is 11.6 Å². The Bertz CT molecular complexity index is 861. The van der Waals surface area contributed by atoms with Crippen LogP contribution in [-0.4, -0.2) is 11.6 Å². The van der Waals surface area contributed by atoms with Gasteiger partial charge in [0.05, 0.1) is 11.8 Å². The molecule has 0 radical (unpaired) electrons. The molecule has 0 saturated carbocycles. The molecule has 4 rings (SSSR count). The maximum absolute atomic E-state index is 12.8. The van der Waals surface area contributed by atoms with E-state index in [1.807, 2.05) is 42.5 Å². The highest BCUT2D eigenvalue weighted by Crippen LogP contribution is 2.40. The van der Waals surface area contributed by atoms with Crippen LogP contribution in [0, 0.1) is 11.8 Å². The third-order valence-corrected chi connectivity index (χ3v) is 4.69. The van der Waals surface area contributed by atoms with Crippen molar-refractivity contribution in [2.75, 3.05) is 0 Å². The van der Waals surface area contributed by atoms with E-state index in [9.17, 15) is 9.59 Å². The fraction of sp³-hybridized carbons (Fsp3) is 0.111. The standard InChI is InChI=1S/C18H12O2S/c19-17-12-6-3-7-15(21)16(12)18(20)14-9-11-5-2-1-4-10(11)8-13(14)17/h1-9,12,16,21H. The molecule has 2 aromatic rings. The van der Waals surface area contributed by atoms with Gasteiger partial charge in [-0.25, -0.2) is 0 Å². The van der Waals surface area contributed by atoms with Crippen molar-refractivity contribution in [3.63, 3.8) is 0 Å². The molecule has 2 unspecified atom stereocenters. The summed E-state index contributed by atoms with van der Waals surface area (Å²) in [6.07, 6.45) is 5.41. The summed E-state index contributed by atoms with van der Waals surface area (Å²) < 4.78 is 0. The van der Waals surface area contributed by atoms with Crippen molar-refractivity contribution in [1.82, 2.24) is 0 Å². The lowest BCUT2D eigenvalue weighted by atomic mass is 9.71. The Morgan fingerprint density at radius 2 is 1.52 bits per heavy atom. The van der Waals surface area contributed by atoms with E-state index in [1.165, 1.54) is 0 Å². The number of carbonyl (C=O) groups is 2. The van der Waals surface area contributed by atoms with Gasteiger partial charge in [0.2, 0.25) is 0 Å². The number of hydrogen-bond donors (Lipinski definition) is 1. The van der Waals surface area contributed by atoms with E-state index in [0.29, 0.717) is 16.0 Å². The molecule has 0 aliphatic heterocycles. The van der Waals surface area contributed by atoms with Crippen molar-refractivity contribution in [2.24, 2.45) is 11.8 Å². The summed E-state index contributed by atoms with van der Waals surface area (Å²) in [4.78, 5) is 26.2. The van der Waals surface area contributed by atoms with Crippen molar-refractivity contribution in [1.29, 1.82) is 0 Å². The van der Waals surface area contributed by atoms with Crippen molar-refractivity contribution < 1.29 is 9.59 Å². The van der Waals surface area contributed by atoms with Crippen LogP contribution in [0.5, 0.6) is 0 Å². The molecule has 0 spiro atoms. The lowest BCUT2D eigenvalue weighted by molar-refractivity contribution is 0.0799. The Kier molecular flexibility index (Phi) is 2.66. The maximum atomic E-state index is 12.8. The van der Waals surface area contributed by atoms with Crippen molar-refractivity contribution in [3.8, 4) is 0 Å². The molecule has 0 saturated heterocycles. The Morgan fingerprint density at radius 1 is 0.905 bits per heavy atom. The van der Waals surface area contributed by atoms with Crippen LogP contribution < -0.4 is 0 Å². The van der Waals surface area contributed by atoms with Crippen molar-refractivity contribution in [3.05, 3.63) is 70.7 Å². The van der Waals surface area contributed by atoms with Gasteiger partial charge in [0.1, 0.15) is 0 Å². The number of rotatable bonds is 0. The van der Waals surface area contributed by atoms with Crippen LogP contribution in [0.4, 0.5) is 0 Å². The highest BCUT2D eigenvalue weighted by atomic mass is 32.1. The average molecular weight is 292 g/mol. The molecule has 102 valence electrons. The number of Topliss-reactive ketones (excluding diaryl/α,β-unsaturated/α-hetero) is 2. The van der Waals surface area contributed by atoms with E-state index in [4.69, 9.17) is 0 Å². The molecule has 0 amide bonds. The normalized spacial score (nSPS) is 23.8. The molecule has 0 fully saturated rings. The van der Waals surface area contributed by atoms with Gasteiger partial charge in [0.25, 0.3) is 0 Å². The highest BCUT2D eigenvalue weighted by molar-refractivity contribution is 7.84. The van der Waals surface area contributed by atoms with Gasteiger partial charge in [-0.3, -0.25) is 9.59 Å². The van der Waals surface area contributed by atoms with Crippen molar-refractivity contribution >= 4 is 35.0 Å². The number of benzene rings is 2. The van der Waals surface area contributed by atoms with Gasteiger partial charge >= 0.3 is 0 Å². The molecule has 2 aliphatic rings. The summed E-state index contributed by atoms with van der Waals surface area (Å²) in [7, 11) is 0. The summed E-state index contributed by atoms with van der Waals surface area (Å²) in [6, 6.07) is 11.4. The van der Waals surface area contributed by atoms with Gasteiger partial charge in [-0.2, -0.15) is 0 Å². The van der Waals surface area contributed by atoms with Gasteiger partial charge < -0.3 is 0 Å². The average Bonchev–Trinajstić information content (AvgIpc) is 2.51. The SMILES string of the molecule is O=C1c2cc3ccccc3cc2C(=O)C2C(S)=CC=CC12. The molecule has 0 heterocycles. The first-order valence-electron chi connectivity index (χ1n) is 6.85. The molecule has 2 aliphatic carbocycles. The molecule has 21 heavy (non-hydrogen) atoms. The number of fused-ring (bicyclic) bond motifs is 3. The largest absolute Gasteiger partial charge is 0.293 e. The number of allylic oxidation sites excluding steroid dienone is 4. The molecule has 3 heteroatoms. The van der Waals surface area contributed by atoms with Crippen LogP contribution in [0.3, 0.4) is 0 Å². The molecule has 0 bridgehead atoms. The zero-order valence-electron chi connectivity index (χ0n) is 11.1. The maximum Gasteiger partial charge on any atom is 0.172 e. The number of carbonyl (C=O) groups excluding carboxylic acids is 2. The van der Waals surface area contributed by atoms with E-state index in [-0.39, 0.29) is 11.6 Å². The minimum absolute atomic E-state index is 0.00838. The number of hydrogen-bond acceptors (Lipinski definition) is 3. The summed E-state index contributed by atoms with van der Waals surface area (Å²) >= 11 is 4.39. The van der Waals surface area contributed by atoms with Crippen molar-refractivity contribution in [2.45, 2.75) is 0 Å². The van der Waals surface area contributed by atoms with Crippen LogP contribution >= 0.6 is 12.6 Å². The van der Waals surface area contributed by atoms with Gasteiger partial charge in [-0.15, -0.1) is 12.6 Å². The third-order valence-electron chi connectivity index (χ3n) is 4.27. The molecular formula is C18H12O2S. The Balaban J connectivity index is 2.00. The first-order chi connectivity index (χ1) is 10.2. The number of ketones is 2.